The van der Waals surface area contributed by atoms with Crippen LogP contribution < -0.4 is 10.6 Å². The van der Waals surface area contributed by atoms with Gasteiger partial charge < -0.3 is 10.6 Å². The second-order valence-electron chi connectivity index (χ2n) is 4.89. The van der Waals surface area contributed by atoms with Gasteiger partial charge in [-0.3, -0.25) is 0 Å². The van der Waals surface area contributed by atoms with Crippen molar-refractivity contribution in [2.24, 2.45) is 11.7 Å². The molecule has 2 N–H and O–H groups in total. The van der Waals surface area contributed by atoms with E-state index in [2.05, 4.69) is 43.1 Å². The molecule has 1 unspecified atom stereocenters. The van der Waals surface area contributed by atoms with Gasteiger partial charge in [0.25, 0.3) is 0 Å². The summed E-state index contributed by atoms with van der Waals surface area (Å²) in [6.45, 7) is 2.93. The quantitative estimate of drug-likeness (QED) is 0.841. The predicted octanol–water partition coefficient (Wildman–Crippen LogP) is 2.56. The van der Waals surface area contributed by atoms with E-state index < -0.39 is 0 Å². The summed E-state index contributed by atoms with van der Waals surface area (Å²) in [5, 5.41) is 0. The molecule has 1 saturated carbocycles. The van der Waals surface area contributed by atoms with E-state index in [4.69, 9.17) is 5.73 Å². The molecule has 0 bridgehead atoms. The van der Waals surface area contributed by atoms with Gasteiger partial charge in [0.2, 0.25) is 0 Å². The van der Waals surface area contributed by atoms with Crippen LogP contribution in [-0.4, -0.2) is 19.6 Å². The first kappa shape index (κ1) is 11.5. The Morgan fingerprint density at radius 1 is 1.38 bits per heavy atom. The van der Waals surface area contributed by atoms with Crippen LogP contribution in [0.5, 0.6) is 0 Å². The topological polar surface area (TPSA) is 29.3 Å². The smallest absolute Gasteiger partial charge is 0.0437 e. The number of rotatable bonds is 4. The van der Waals surface area contributed by atoms with Crippen LogP contribution >= 0.6 is 0 Å². The van der Waals surface area contributed by atoms with Gasteiger partial charge >= 0.3 is 0 Å². The molecular formula is C14H22N2. The van der Waals surface area contributed by atoms with Crippen LogP contribution in [0.15, 0.2) is 24.3 Å². The van der Waals surface area contributed by atoms with Crippen molar-refractivity contribution in [1.82, 2.24) is 0 Å². The maximum Gasteiger partial charge on any atom is 0.0437 e. The van der Waals surface area contributed by atoms with Crippen molar-refractivity contribution in [1.29, 1.82) is 0 Å². The van der Waals surface area contributed by atoms with Crippen molar-refractivity contribution < 1.29 is 0 Å². The number of hydrogen-bond donors (Lipinski definition) is 1. The van der Waals surface area contributed by atoms with Crippen molar-refractivity contribution >= 4 is 5.69 Å². The molecule has 0 aliphatic heterocycles. The van der Waals surface area contributed by atoms with Crippen LogP contribution in [0.1, 0.15) is 24.8 Å². The first-order valence-corrected chi connectivity index (χ1v) is 6.22. The highest BCUT2D eigenvalue weighted by Gasteiger charge is 2.29. The maximum atomic E-state index is 5.93. The number of likely N-dealkylation sites (N-methyl/N-ethyl adjacent to an activating group) is 1. The molecule has 0 saturated heterocycles. The number of benzene rings is 1. The SMILES string of the molecule is Cc1ccccc1N(C)C(CN)C1CCC1. The second-order valence-corrected chi connectivity index (χ2v) is 4.89. The Morgan fingerprint density at radius 3 is 2.56 bits per heavy atom. The van der Waals surface area contributed by atoms with Gasteiger partial charge in [0.15, 0.2) is 0 Å². The van der Waals surface area contributed by atoms with E-state index in [1.54, 1.807) is 0 Å². The van der Waals surface area contributed by atoms with Crippen LogP contribution in [-0.2, 0) is 0 Å². The Hall–Kier alpha value is -1.02. The van der Waals surface area contributed by atoms with E-state index in [1.807, 2.05) is 0 Å². The molecule has 88 valence electrons. The van der Waals surface area contributed by atoms with Crippen molar-refractivity contribution in [2.45, 2.75) is 32.2 Å². The molecule has 1 aromatic carbocycles. The summed E-state index contributed by atoms with van der Waals surface area (Å²) in [5.74, 6) is 0.801. The van der Waals surface area contributed by atoms with Crippen LogP contribution in [0, 0.1) is 12.8 Å². The molecule has 2 rings (SSSR count). The van der Waals surface area contributed by atoms with Crippen molar-refractivity contribution in [3.8, 4) is 0 Å². The van der Waals surface area contributed by atoms with E-state index in [0.29, 0.717) is 6.04 Å². The lowest BCUT2D eigenvalue weighted by Crippen LogP contribution is -2.46. The van der Waals surface area contributed by atoms with Gasteiger partial charge in [-0.15, -0.1) is 0 Å². The molecule has 0 heterocycles. The largest absolute Gasteiger partial charge is 0.370 e. The highest BCUT2D eigenvalue weighted by Crippen LogP contribution is 2.33. The van der Waals surface area contributed by atoms with Gasteiger partial charge in [-0.1, -0.05) is 24.6 Å². The lowest BCUT2D eigenvalue weighted by Gasteiger charge is -2.40. The zero-order valence-electron chi connectivity index (χ0n) is 10.3. The fourth-order valence-corrected chi connectivity index (χ4v) is 2.63. The third-order valence-electron chi connectivity index (χ3n) is 3.93. The second kappa shape index (κ2) is 4.88. The molecule has 0 amide bonds. The molecule has 0 radical (unpaired) electrons. The molecule has 1 aliphatic carbocycles. The van der Waals surface area contributed by atoms with Crippen LogP contribution in [0.4, 0.5) is 5.69 Å². The van der Waals surface area contributed by atoms with Crippen molar-refractivity contribution in [3.05, 3.63) is 29.8 Å². The first-order valence-electron chi connectivity index (χ1n) is 6.22. The zero-order valence-corrected chi connectivity index (χ0v) is 10.3. The monoisotopic (exact) mass is 218 g/mol. The van der Waals surface area contributed by atoms with Crippen molar-refractivity contribution in [2.75, 3.05) is 18.5 Å². The number of hydrogen-bond acceptors (Lipinski definition) is 2. The lowest BCUT2D eigenvalue weighted by molar-refractivity contribution is 0.259. The van der Waals surface area contributed by atoms with Gasteiger partial charge in [0.1, 0.15) is 0 Å². The third-order valence-corrected chi connectivity index (χ3v) is 3.93. The Balaban J connectivity index is 2.16. The molecular weight excluding hydrogens is 196 g/mol. The number of anilines is 1. The Labute approximate surface area is 98.4 Å². The van der Waals surface area contributed by atoms with E-state index in [1.165, 1.54) is 30.5 Å². The van der Waals surface area contributed by atoms with Crippen LogP contribution in [0.2, 0.25) is 0 Å². The summed E-state index contributed by atoms with van der Waals surface area (Å²) < 4.78 is 0. The van der Waals surface area contributed by atoms with Crippen LogP contribution in [0.25, 0.3) is 0 Å². The zero-order chi connectivity index (χ0) is 11.5. The first-order chi connectivity index (χ1) is 7.74. The summed E-state index contributed by atoms with van der Waals surface area (Å²) in [7, 11) is 2.18. The number of aryl methyl sites for hydroxylation is 1. The highest BCUT2D eigenvalue weighted by atomic mass is 15.1. The summed E-state index contributed by atoms with van der Waals surface area (Å²) in [4.78, 5) is 2.37. The molecule has 16 heavy (non-hydrogen) atoms. The van der Waals surface area contributed by atoms with Gasteiger partial charge in [-0.2, -0.15) is 0 Å². The van der Waals surface area contributed by atoms with E-state index in [-0.39, 0.29) is 0 Å². The van der Waals surface area contributed by atoms with E-state index in [0.717, 1.165) is 12.5 Å². The van der Waals surface area contributed by atoms with Gasteiger partial charge in [0, 0.05) is 25.3 Å². The molecule has 1 fully saturated rings. The normalized spacial score (nSPS) is 17.9. The molecule has 2 nitrogen and oxygen atoms in total. The molecule has 0 aromatic heterocycles. The molecule has 2 heteroatoms. The number of nitrogens with zero attached hydrogens (tertiary/aromatic N) is 1. The summed E-state index contributed by atoms with van der Waals surface area (Å²) in [6, 6.07) is 9.06. The van der Waals surface area contributed by atoms with Gasteiger partial charge in [-0.25, -0.2) is 0 Å². The fourth-order valence-electron chi connectivity index (χ4n) is 2.63. The molecule has 1 aromatic rings. The Kier molecular flexibility index (Phi) is 3.49. The summed E-state index contributed by atoms with van der Waals surface area (Å²) in [6.07, 6.45) is 4.07. The minimum atomic E-state index is 0.509. The number of nitrogens with two attached hydrogens (primary N) is 1. The molecule has 0 spiro atoms. The molecule has 1 atom stereocenters. The molecule has 1 aliphatic rings. The lowest BCUT2D eigenvalue weighted by atomic mass is 9.79. The number of para-hydroxylation sites is 1. The average Bonchev–Trinajstić information content (AvgIpc) is 2.23. The van der Waals surface area contributed by atoms with E-state index in [9.17, 15) is 0 Å². The summed E-state index contributed by atoms with van der Waals surface area (Å²) >= 11 is 0. The van der Waals surface area contributed by atoms with Crippen LogP contribution in [0.3, 0.4) is 0 Å². The summed E-state index contributed by atoms with van der Waals surface area (Å²) in [5.41, 5.74) is 8.59. The Morgan fingerprint density at radius 2 is 2.06 bits per heavy atom. The van der Waals surface area contributed by atoms with Gasteiger partial charge in [-0.05, 0) is 37.3 Å². The minimum absolute atomic E-state index is 0.509. The van der Waals surface area contributed by atoms with Crippen molar-refractivity contribution in [3.63, 3.8) is 0 Å². The fraction of sp³-hybridized carbons (Fsp3) is 0.571. The Bertz CT molecular complexity index is 344. The minimum Gasteiger partial charge on any atom is -0.370 e. The predicted molar refractivity (Wildman–Crippen MR) is 69.8 cm³/mol. The maximum absolute atomic E-state index is 5.93. The van der Waals surface area contributed by atoms with E-state index >= 15 is 0 Å². The average molecular weight is 218 g/mol. The third kappa shape index (κ3) is 2.07. The van der Waals surface area contributed by atoms with Gasteiger partial charge in [0.05, 0.1) is 0 Å². The highest BCUT2D eigenvalue weighted by molar-refractivity contribution is 5.53. The standard InChI is InChI=1S/C14H22N2/c1-11-6-3-4-9-13(11)16(2)14(10-15)12-7-5-8-12/h3-4,6,9,12,14H,5,7-8,10,15H2,1-2H3.